The number of aromatic carboxylic acids is 1. The number of carboxylic acids is 1. The highest BCUT2D eigenvalue weighted by molar-refractivity contribution is 7.98. The summed E-state index contributed by atoms with van der Waals surface area (Å²) in [5.41, 5.74) is 0.267. The van der Waals surface area contributed by atoms with Gasteiger partial charge in [0.2, 0.25) is 0 Å². The van der Waals surface area contributed by atoms with Crippen LogP contribution in [0.1, 0.15) is 30.6 Å². The van der Waals surface area contributed by atoms with Gasteiger partial charge in [0.1, 0.15) is 11.3 Å². The summed E-state index contributed by atoms with van der Waals surface area (Å²) in [6, 6.07) is 5.33. The first kappa shape index (κ1) is 13.9. The lowest BCUT2D eigenvalue weighted by Gasteiger charge is -2.12. The van der Waals surface area contributed by atoms with Crippen LogP contribution in [-0.4, -0.2) is 23.9 Å². The number of carboxylic acid groups (broad SMARTS) is 1. The average Bonchev–Trinajstić information content (AvgIpc) is 2.27. The summed E-state index contributed by atoms with van der Waals surface area (Å²) < 4.78 is 5.56. The predicted octanol–water partition coefficient (Wildman–Crippen LogP) is 3.53. The van der Waals surface area contributed by atoms with Crippen molar-refractivity contribution in [3.8, 4) is 5.75 Å². The molecule has 1 aromatic rings. The average molecular weight is 254 g/mol. The molecule has 0 saturated carbocycles. The first-order valence-electron chi connectivity index (χ1n) is 5.59. The lowest BCUT2D eigenvalue weighted by molar-refractivity contribution is 0.0688. The highest BCUT2D eigenvalue weighted by Crippen LogP contribution is 2.29. The molecule has 17 heavy (non-hydrogen) atoms. The van der Waals surface area contributed by atoms with Crippen LogP contribution in [0, 0.1) is 5.92 Å². The second-order valence-corrected chi connectivity index (χ2v) is 5.02. The van der Waals surface area contributed by atoms with Gasteiger partial charge in [-0.3, -0.25) is 0 Å². The van der Waals surface area contributed by atoms with Gasteiger partial charge in [0.05, 0.1) is 6.61 Å². The number of hydrogen-bond donors (Lipinski definition) is 1. The molecule has 0 radical (unpaired) electrons. The number of benzene rings is 1. The molecule has 0 heterocycles. The van der Waals surface area contributed by atoms with Gasteiger partial charge in [0.15, 0.2) is 0 Å². The van der Waals surface area contributed by atoms with E-state index in [9.17, 15) is 9.90 Å². The van der Waals surface area contributed by atoms with Gasteiger partial charge in [-0.15, -0.1) is 11.8 Å². The van der Waals surface area contributed by atoms with Crippen LogP contribution in [0.25, 0.3) is 0 Å². The quantitative estimate of drug-likeness (QED) is 0.789. The summed E-state index contributed by atoms with van der Waals surface area (Å²) in [6.07, 6.45) is 2.78. The molecule has 1 rings (SSSR count). The molecule has 0 aliphatic carbocycles. The normalized spacial score (nSPS) is 10.6. The Hall–Kier alpha value is -1.16. The number of thioether (sulfide) groups is 1. The van der Waals surface area contributed by atoms with Crippen molar-refractivity contribution in [1.82, 2.24) is 0 Å². The Morgan fingerprint density at radius 2 is 2.18 bits per heavy atom. The molecule has 4 heteroatoms. The maximum atomic E-state index is 11.2. The zero-order chi connectivity index (χ0) is 12.8. The monoisotopic (exact) mass is 254 g/mol. The Kier molecular flexibility index (Phi) is 5.35. The van der Waals surface area contributed by atoms with E-state index in [2.05, 4.69) is 13.8 Å². The summed E-state index contributed by atoms with van der Waals surface area (Å²) >= 11 is 1.42. The molecular weight excluding hydrogens is 236 g/mol. The first-order chi connectivity index (χ1) is 8.06. The van der Waals surface area contributed by atoms with E-state index < -0.39 is 5.97 Å². The lowest BCUT2D eigenvalue weighted by atomic mass is 10.1. The van der Waals surface area contributed by atoms with Crippen molar-refractivity contribution in [3.05, 3.63) is 23.8 Å². The van der Waals surface area contributed by atoms with E-state index in [4.69, 9.17) is 4.74 Å². The van der Waals surface area contributed by atoms with E-state index in [1.807, 2.05) is 12.3 Å². The molecule has 94 valence electrons. The molecule has 0 spiro atoms. The van der Waals surface area contributed by atoms with Crippen molar-refractivity contribution in [3.63, 3.8) is 0 Å². The Balaban J connectivity index is 2.87. The fourth-order valence-electron chi connectivity index (χ4n) is 1.42. The van der Waals surface area contributed by atoms with Crippen LogP contribution in [-0.2, 0) is 0 Å². The molecule has 0 aliphatic heterocycles. The molecule has 0 atom stereocenters. The molecule has 0 unspecified atom stereocenters. The van der Waals surface area contributed by atoms with Gasteiger partial charge in [-0.2, -0.15) is 0 Å². The van der Waals surface area contributed by atoms with Crippen LogP contribution in [0.4, 0.5) is 0 Å². The maximum Gasteiger partial charge on any atom is 0.340 e. The van der Waals surface area contributed by atoms with Crippen LogP contribution >= 0.6 is 11.8 Å². The van der Waals surface area contributed by atoms with Gasteiger partial charge in [-0.1, -0.05) is 19.9 Å². The van der Waals surface area contributed by atoms with Crippen LogP contribution in [0.2, 0.25) is 0 Å². The summed E-state index contributed by atoms with van der Waals surface area (Å²) in [5.74, 6) is 0.0755. The molecule has 0 bridgehead atoms. The van der Waals surface area contributed by atoms with E-state index in [0.717, 1.165) is 11.3 Å². The fourth-order valence-corrected chi connectivity index (χ4v) is 2.02. The molecule has 0 aromatic heterocycles. The summed E-state index contributed by atoms with van der Waals surface area (Å²) in [7, 11) is 0. The minimum Gasteiger partial charge on any atom is -0.493 e. The third-order valence-corrected chi connectivity index (χ3v) is 3.15. The van der Waals surface area contributed by atoms with E-state index in [1.165, 1.54) is 11.8 Å². The first-order valence-corrected chi connectivity index (χ1v) is 6.81. The Bertz CT molecular complexity index is 388. The van der Waals surface area contributed by atoms with Crippen molar-refractivity contribution < 1.29 is 14.6 Å². The van der Waals surface area contributed by atoms with Crippen molar-refractivity contribution in [2.75, 3.05) is 12.9 Å². The minimum atomic E-state index is -0.936. The maximum absolute atomic E-state index is 11.2. The predicted molar refractivity (Wildman–Crippen MR) is 70.1 cm³/mol. The van der Waals surface area contributed by atoms with Crippen molar-refractivity contribution in [2.24, 2.45) is 5.92 Å². The third-order valence-electron chi connectivity index (χ3n) is 2.37. The van der Waals surface area contributed by atoms with Gasteiger partial charge in [0.25, 0.3) is 0 Å². The lowest BCUT2D eigenvalue weighted by Crippen LogP contribution is -2.07. The van der Waals surface area contributed by atoms with Crippen molar-refractivity contribution in [1.29, 1.82) is 0 Å². The number of rotatable bonds is 6. The zero-order valence-electron chi connectivity index (χ0n) is 10.4. The molecule has 0 fully saturated rings. The van der Waals surface area contributed by atoms with E-state index in [-0.39, 0.29) is 5.56 Å². The number of ether oxygens (including phenoxy) is 1. The highest BCUT2D eigenvalue weighted by Gasteiger charge is 2.16. The van der Waals surface area contributed by atoms with Gasteiger partial charge in [0, 0.05) is 4.90 Å². The smallest absolute Gasteiger partial charge is 0.340 e. The molecule has 0 saturated heterocycles. The van der Waals surface area contributed by atoms with Crippen LogP contribution < -0.4 is 4.74 Å². The summed E-state index contributed by atoms with van der Waals surface area (Å²) in [6.45, 7) is 4.77. The zero-order valence-corrected chi connectivity index (χ0v) is 11.2. The Morgan fingerprint density at radius 3 is 2.71 bits per heavy atom. The fraction of sp³-hybridized carbons (Fsp3) is 0.462. The van der Waals surface area contributed by atoms with E-state index in [0.29, 0.717) is 18.3 Å². The standard InChI is InChI=1S/C13H18O3S/c1-9(2)7-8-16-10-5-4-6-11(17-3)12(10)13(14)15/h4-6,9H,7-8H2,1-3H3,(H,14,15). The van der Waals surface area contributed by atoms with Crippen LogP contribution in [0.5, 0.6) is 5.75 Å². The van der Waals surface area contributed by atoms with E-state index >= 15 is 0 Å². The second kappa shape index (κ2) is 6.55. The van der Waals surface area contributed by atoms with Gasteiger partial charge in [-0.05, 0) is 30.7 Å². The van der Waals surface area contributed by atoms with Crippen LogP contribution in [0.15, 0.2) is 23.1 Å². The molecule has 1 aromatic carbocycles. The number of hydrogen-bond acceptors (Lipinski definition) is 3. The highest BCUT2D eigenvalue weighted by atomic mass is 32.2. The molecule has 0 aliphatic rings. The van der Waals surface area contributed by atoms with Gasteiger partial charge in [-0.25, -0.2) is 4.79 Å². The van der Waals surface area contributed by atoms with E-state index in [1.54, 1.807) is 12.1 Å². The molecule has 3 nitrogen and oxygen atoms in total. The largest absolute Gasteiger partial charge is 0.493 e. The Labute approximate surface area is 106 Å². The summed E-state index contributed by atoms with van der Waals surface area (Å²) in [5, 5.41) is 9.19. The molecule has 0 amide bonds. The third kappa shape index (κ3) is 3.97. The van der Waals surface area contributed by atoms with Gasteiger partial charge < -0.3 is 9.84 Å². The molecule has 1 N–H and O–H groups in total. The van der Waals surface area contributed by atoms with Gasteiger partial charge >= 0.3 is 5.97 Å². The number of carbonyl (C=O) groups is 1. The minimum absolute atomic E-state index is 0.267. The molecular formula is C13H18O3S. The Morgan fingerprint density at radius 1 is 1.47 bits per heavy atom. The topological polar surface area (TPSA) is 46.5 Å². The van der Waals surface area contributed by atoms with Crippen molar-refractivity contribution >= 4 is 17.7 Å². The SMILES string of the molecule is CSc1cccc(OCCC(C)C)c1C(=O)O. The summed E-state index contributed by atoms with van der Waals surface area (Å²) in [4.78, 5) is 11.9. The van der Waals surface area contributed by atoms with Crippen molar-refractivity contribution in [2.45, 2.75) is 25.2 Å². The van der Waals surface area contributed by atoms with Crippen LogP contribution in [0.3, 0.4) is 0 Å². The second-order valence-electron chi connectivity index (χ2n) is 4.17.